The largest absolute Gasteiger partial charge is 0.318 e. The number of hydrogen-bond acceptors (Lipinski definition) is 2. The summed E-state index contributed by atoms with van der Waals surface area (Å²) >= 11 is 0. The molecule has 0 saturated carbocycles. The van der Waals surface area contributed by atoms with Crippen LogP contribution in [0.15, 0.2) is 91.0 Å². The third-order valence-corrected chi connectivity index (χ3v) is 6.76. The first-order valence-electron chi connectivity index (χ1n) is 12.6. The summed E-state index contributed by atoms with van der Waals surface area (Å²) in [5, 5.41) is 7.96. The van der Waals surface area contributed by atoms with Crippen molar-refractivity contribution in [3.63, 3.8) is 0 Å². The van der Waals surface area contributed by atoms with Gasteiger partial charge in [0.1, 0.15) is 11.6 Å². The summed E-state index contributed by atoms with van der Waals surface area (Å²) < 4.78 is 17.3. The van der Waals surface area contributed by atoms with Crippen LogP contribution in [0.25, 0.3) is 22.6 Å². The molecule has 0 saturated heterocycles. The Hall–Kier alpha value is -4.45. The highest BCUT2D eigenvalue weighted by atomic mass is 19.1. The van der Waals surface area contributed by atoms with Gasteiger partial charge in [-0.2, -0.15) is 5.10 Å². The van der Waals surface area contributed by atoms with Crippen molar-refractivity contribution in [2.45, 2.75) is 40.0 Å². The first-order chi connectivity index (χ1) is 18.1. The molecule has 0 bridgehead atoms. The lowest BCUT2D eigenvalue weighted by atomic mass is 9.87. The molecule has 5 rings (SSSR count). The van der Waals surface area contributed by atoms with Gasteiger partial charge in [-0.15, -0.1) is 0 Å². The minimum Gasteiger partial charge on any atom is -0.318 e. The smallest absolute Gasteiger partial charge is 0.256 e. The topological polar surface area (TPSA) is 51.9 Å². The van der Waals surface area contributed by atoms with E-state index in [2.05, 4.69) is 36.7 Å². The normalized spacial score (nSPS) is 11.5. The van der Waals surface area contributed by atoms with Crippen molar-refractivity contribution in [1.29, 1.82) is 0 Å². The summed E-state index contributed by atoms with van der Waals surface area (Å²) in [7, 11) is 0. The molecule has 0 unspecified atom stereocenters. The summed E-state index contributed by atoms with van der Waals surface area (Å²) in [6.45, 7) is 10.5. The number of aromatic nitrogens is 3. The molecule has 1 amide bonds. The molecule has 1 N–H and O–H groups in total. The highest BCUT2D eigenvalue weighted by molar-refractivity contribution is 6.04. The SMILES string of the molecule is Cc1cc(-c2cc(NC(=O)c3ccc(C(C)(C)C)cc3)n(-c3ccccc3)n2)c(C)n1-c1ccc(F)cc1. The maximum absolute atomic E-state index is 13.5. The van der Waals surface area contributed by atoms with Gasteiger partial charge >= 0.3 is 0 Å². The van der Waals surface area contributed by atoms with E-state index < -0.39 is 0 Å². The van der Waals surface area contributed by atoms with Crippen molar-refractivity contribution < 1.29 is 9.18 Å². The summed E-state index contributed by atoms with van der Waals surface area (Å²) in [6, 6.07) is 27.8. The van der Waals surface area contributed by atoms with Crippen LogP contribution < -0.4 is 5.32 Å². The van der Waals surface area contributed by atoms with Crippen molar-refractivity contribution in [1.82, 2.24) is 14.3 Å². The number of halogens is 1. The zero-order valence-electron chi connectivity index (χ0n) is 22.3. The average Bonchev–Trinajstić information content (AvgIpc) is 3.44. The lowest BCUT2D eigenvalue weighted by molar-refractivity contribution is 0.102. The van der Waals surface area contributed by atoms with E-state index in [0.29, 0.717) is 11.4 Å². The fraction of sp³-hybridized carbons (Fsp3) is 0.188. The molecule has 0 radical (unpaired) electrons. The molecular weight excluding hydrogens is 475 g/mol. The van der Waals surface area contributed by atoms with Gasteiger partial charge in [-0.05, 0) is 79.4 Å². The number of amides is 1. The third-order valence-electron chi connectivity index (χ3n) is 6.76. The van der Waals surface area contributed by atoms with E-state index in [0.717, 1.165) is 34.0 Å². The summed E-state index contributed by atoms with van der Waals surface area (Å²) in [5.41, 5.74) is 7.12. The number of carbonyl (C=O) groups excluding carboxylic acids is 1. The lowest BCUT2D eigenvalue weighted by Crippen LogP contribution is -2.16. The zero-order valence-corrected chi connectivity index (χ0v) is 22.3. The summed E-state index contributed by atoms with van der Waals surface area (Å²) in [5.74, 6) is 0.0972. The van der Waals surface area contributed by atoms with E-state index in [9.17, 15) is 9.18 Å². The second kappa shape index (κ2) is 9.78. The van der Waals surface area contributed by atoms with Gasteiger partial charge in [-0.3, -0.25) is 4.79 Å². The van der Waals surface area contributed by atoms with Gasteiger partial charge in [0.25, 0.3) is 5.91 Å². The molecular formula is C32H31FN4O. The zero-order chi connectivity index (χ0) is 27.0. The van der Waals surface area contributed by atoms with E-state index in [-0.39, 0.29) is 17.1 Å². The number of para-hydroxylation sites is 1. The van der Waals surface area contributed by atoms with Crippen LogP contribution in [0.3, 0.4) is 0 Å². The van der Waals surface area contributed by atoms with Crippen molar-refractivity contribution >= 4 is 11.7 Å². The molecule has 5 nitrogen and oxygen atoms in total. The Morgan fingerprint density at radius 3 is 2.13 bits per heavy atom. The quantitative estimate of drug-likeness (QED) is 0.266. The molecule has 0 fully saturated rings. The van der Waals surface area contributed by atoms with Gasteiger partial charge in [0.2, 0.25) is 0 Å². The Bertz CT molecular complexity index is 1590. The van der Waals surface area contributed by atoms with E-state index in [1.807, 2.05) is 74.5 Å². The molecule has 2 aromatic heterocycles. The number of nitrogens with zero attached hydrogens (tertiary/aromatic N) is 3. The van der Waals surface area contributed by atoms with Gasteiger partial charge in [-0.1, -0.05) is 51.1 Å². The second-order valence-electron chi connectivity index (χ2n) is 10.5. The molecule has 0 aliphatic heterocycles. The fourth-order valence-electron chi connectivity index (χ4n) is 4.69. The Kier molecular flexibility index (Phi) is 6.49. The van der Waals surface area contributed by atoms with Gasteiger partial charge in [-0.25, -0.2) is 9.07 Å². The average molecular weight is 507 g/mol. The second-order valence-corrected chi connectivity index (χ2v) is 10.5. The monoisotopic (exact) mass is 506 g/mol. The molecule has 38 heavy (non-hydrogen) atoms. The first kappa shape index (κ1) is 25.2. The first-order valence-corrected chi connectivity index (χ1v) is 12.6. The number of hydrogen-bond donors (Lipinski definition) is 1. The Morgan fingerprint density at radius 2 is 1.50 bits per heavy atom. The van der Waals surface area contributed by atoms with Crippen LogP contribution in [0, 0.1) is 19.7 Å². The van der Waals surface area contributed by atoms with Gasteiger partial charge in [0.15, 0.2) is 0 Å². The van der Waals surface area contributed by atoms with Crippen LogP contribution in [0.2, 0.25) is 0 Å². The standard InChI is InChI=1S/C32H31FN4O/c1-21-19-28(22(2)36(21)26-17-15-25(33)16-18-26)29-20-30(37(35-29)27-9-7-6-8-10-27)34-31(38)23-11-13-24(14-12-23)32(3,4)5/h6-20H,1-5H3,(H,34,38). The van der Waals surface area contributed by atoms with Crippen LogP contribution in [0.5, 0.6) is 0 Å². The Labute approximate surface area is 222 Å². The molecule has 0 aliphatic rings. The number of benzene rings is 3. The van der Waals surface area contributed by atoms with Crippen LogP contribution in [-0.4, -0.2) is 20.3 Å². The molecule has 0 aliphatic carbocycles. The highest BCUT2D eigenvalue weighted by Crippen LogP contribution is 2.32. The van der Waals surface area contributed by atoms with Crippen LogP contribution in [0.4, 0.5) is 10.2 Å². The third kappa shape index (κ3) is 4.90. The number of nitrogens with one attached hydrogen (secondary N) is 1. The maximum atomic E-state index is 13.5. The summed E-state index contributed by atoms with van der Waals surface area (Å²) in [4.78, 5) is 13.3. The highest BCUT2D eigenvalue weighted by Gasteiger charge is 2.20. The molecule has 192 valence electrons. The maximum Gasteiger partial charge on any atom is 0.256 e. The minimum atomic E-state index is -0.272. The van der Waals surface area contributed by atoms with Crippen LogP contribution >= 0.6 is 0 Å². The molecule has 2 heterocycles. The molecule has 6 heteroatoms. The number of aryl methyl sites for hydroxylation is 1. The number of anilines is 1. The Balaban J connectivity index is 1.53. The predicted molar refractivity (Wildman–Crippen MR) is 151 cm³/mol. The van der Waals surface area contributed by atoms with Crippen molar-refractivity contribution in [3.8, 4) is 22.6 Å². The minimum absolute atomic E-state index is 0.0101. The van der Waals surface area contributed by atoms with Crippen molar-refractivity contribution in [3.05, 3.63) is 119 Å². The number of carbonyl (C=O) groups is 1. The van der Waals surface area contributed by atoms with Gasteiger partial charge < -0.3 is 9.88 Å². The molecule has 3 aromatic carbocycles. The van der Waals surface area contributed by atoms with Crippen molar-refractivity contribution in [2.24, 2.45) is 0 Å². The Morgan fingerprint density at radius 1 is 0.842 bits per heavy atom. The van der Waals surface area contributed by atoms with Gasteiger partial charge in [0, 0.05) is 34.3 Å². The summed E-state index contributed by atoms with van der Waals surface area (Å²) in [6.07, 6.45) is 0. The van der Waals surface area contributed by atoms with E-state index in [4.69, 9.17) is 5.10 Å². The lowest BCUT2D eigenvalue weighted by Gasteiger charge is -2.19. The number of rotatable bonds is 5. The van der Waals surface area contributed by atoms with Crippen LogP contribution in [0.1, 0.15) is 48.1 Å². The predicted octanol–water partition coefficient (Wildman–Crippen LogP) is 7.64. The van der Waals surface area contributed by atoms with Gasteiger partial charge in [0.05, 0.1) is 11.4 Å². The van der Waals surface area contributed by atoms with E-state index >= 15 is 0 Å². The van der Waals surface area contributed by atoms with E-state index in [1.54, 1.807) is 16.8 Å². The van der Waals surface area contributed by atoms with E-state index in [1.165, 1.54) is 17.7 Å². The molecule has 0 atom stereocenters. The van der Waals surface area contributed by atoms with Crippen molar-refractivity contribution in [2.75, 3.05) is 5.32 Å². The molecule has 5 aromatic rings. The fourth-order valence-corrected chi connectivity index (χ4v) is 4.69. The molecule has 0 spiro atoms. The van der Waals surface area contributed by atoms with Crippen LogP contribution in [-0.2, 0) is 5.41 Å².